The van der Waals surface area contributed by atoms with Crippen molar-refractivity contribution in [2.45, 2.75) is 129 Å². The molecule has 4 aliphatic carbocycles. The summed E-state index contributed by atoms with van der Waals surface area (Å²) in [6.07, 6.45) is 10.7. The summed E-state index contributed by atoms with van der Waals surface area (Å²) in [6, 6.07) is 16.7. The number of rotatable bonds is 16. The maximum absolute atomic E-state index is 15.3. The van der Waals surface area contributed by atoms with Crippen LogP contribution in [0.5, 0.6) is 0 Å². The Kier molecular flexibility index (Phi) is 11.9. The zero-order valence-electron chi connectivity index (χ0n) is 33.1. The Bertz CT molecular complexity index is 1800. The van der Waals surface area contributed by atoms with Crippen molar-refractivity contribution in [3.8, 4) is 0 Å². The molecular weight excluding hydrogens is 696 g/mol. The Hall–Kier alpha value is -4.08. The van der Waals surface area contributed by atoms with Gasteiger partial charge in [-0.15, -0.1) is 0 Å². The van der Waals surface area contributed by atoms with Crippen LogP contribution in [0.25, 0.3) is 0 Å². The lowest BCUT2D eigenvalue weighted by atomic mass is 9.59. The molecule has 0 radical (unpaired) electrons. The number of allylic oxidation sites excluding steroid dienone is 1. The lowest BCUT2D eigenvalue weighted by Crippen LogP contribution is -2.66. The predicted molar refractivity (Wildman–Crippen MR) is 208 cm³/mol. The average Bonchev–Trinajstić information content (AvgIpc) is 3.57. The summed E-state index contributed by atoms with van der Waals surface area (Å²) < 4.78 is 18.3. The average molecular weight is 755 g/mol. The number of hydrogen-bond donors (Lipinski definition) is 2. The molecule has 9 nitrogen and oxygen atoms in total. The van der Waals surface area contributed by atoms with Crippen LogP contribution in [-0.4, -0.2) is 63.9 Å². The van der Waals surface area contributed by atoms with E-state index < -0.39 is 70.5 Å². The smallest absolute Gasteiger partial charge is 0.338 e. The van der Waals surface area contributed by atoms with Crippen molar-refractivity contribution in [3.63, 3.8) is 0 Å². The Morgan fingerprint density at radius 2 is 1.40 bits per heavy atom. The first-order valence-electron chi connectivity index (χ1n) is 20.3. The van der Waals surface area contributed by atoms with Gasteiger partial charge in [0.25, 0.3) is 0 Å². The van der Waals surface area contributed by atoms with Gasteiger partial charge in [-0.05, 0) is 61.1 Å². The number of ether oxygens (including phenoxy) is 3. The first kappa shape index (κ1) is 40.6. The van der Waals surface area contributed by atoms with Crippen LogP contribution in [0.1, 0.15) is 126 Å². The van der Waals surface area contributed by atoms with Gasteiger partial charge in [-0.25, -0.2) is 9.59 Å². The fourth-order valence-electron chi connectivity index (χ4n) is 10.3. The predicted octanol–water partition coefficient (Wildman–Crippen LogP) is 8.13. The Morgan fingerprint density at radius 3 is 2.00 bits per heavy atom. The van der Waals surface area contributed by atoms with Gasteiger partial charge in [0.15, 0.2) is 17.5 Å². The minimum absolute atomic E-state index is 0.114. The van der Waals surface area contributed by atoms with E-state index >= 15 is 4.79 Å². The summed E-state index contributed by atoms with van der Waals surface area (Å²) >= 11 is 0. The molecule has 8 atom stereocenters. The molecule has 296 valence electrons. The first-order chi connectivity index (χ1) is 26.3. The lowest BCUT2D eigenvalue weighted by Gasteiger charge is -2.49. The van der Waals surface area contributed by atoms with Crippen LogP contribution in [0.2, 0.25) is 0 Å². The Labute approximate surface area is 325 Å². The number of unbranched alkanes of at least 4 members (excludes halogenated alkanes) is 8. The number of aliphatic hydroxyl groups is 2. The van der Waals surface area contributed by atoms with Crippen LogP contribution in [0.4, 0.5) is 0 Å². The summed E-state index contributed by atoms with van der Waals surface area (Å²) in [5.41, 5.74) is -4.68. The molecule has 2 fully saturated rings. The van der Waals surface area contributed by atoms with Gasteiger partial charge in [-0.2, -0.15) is 0 Å². The third kappa shape index (κ3) is 7.12. The summed E-state index contributed by atoms with van der Waals surface area (Å²) in [5.74, 6) is -4.08. The van der Waals surface area contributed by atoms with E-state index in [1.165, 1.54) is 32.1 Å². The topological polar surface area (TPSA) is 136 Å². The van der Waals surface area contributed by atoms with E-state index in [-0.39, 0.29) is 35.7 Å². The quantitative estimate of drug-likeness (QED) is 0.0754. The van der Waals surface area contributed by atoms with Crippen molar-refractivity contribution in [1.82, 2.24) is 0 Å². The number of esters is 3. The minimum atomic E-state index is -2.37. The van der Waals surface area contributed by atoms with E-state index in [1.807, 2.05) is 20.8 Å². The van der Waals surface area contributed by atoms with Gasteiger partial charge >= 0.3 is 17.9 Å². The zero-order valence-corrected chi connectivity index (χ0v) is 33.1. The maximum Gasteiger partial charge on any atom is 0.338 e. The van der Waals surface area contributed by atoms with Crippen LogP contribution in [0.15, 0.2) is 84.0 Å². The molecule has 2 aromatic rings. The van der Waals surface area contributed by atoms with E-state index in [2.05, 4.69) is 6.92 Å². The Morgan fingerprint density at radius 1 is 0.836 bits per heavy atom. The third-order valence-electron chi connectivity index (χ3n) is 13.2. The summed E-state index contributed by atoms with van der Waals surface area (Å²) in [7, 11) is 0. The van der Waals surface area contributed by atoms with Gasteiger partial charge in [0, 0.05) is 23.7 Å². The molecule has 2 unspecified atom stereocenters. The highest BCUT2D eigenvalue weighted by molar-refractivity contribution is 5.96. The van der Waals surface area contributed by atoms with E-state index in [0.717, 1.165) is 25.7 Å². The second-order valence-corrected chi connectivity index (χ2v) is 17.0. The standard InChI is InChI=1S/C46H58O9/c1-6-7-8-9-10-11-12-13-20-25-36(47)55-45-28-31(3)44-27-30(2)40(54-42(51)33-23-18-15-19-24-33)46(44,52)38(48)34(26-35(39(44)49)37(45)43(45,4)5)29-53-41(50)32-21-16-14-17-22-32/h14-19,21-24,26-27,31,35,37-38,40,48,52H,6-13,20,25,28-29H2,1-5H3/t31-,35?,37-,38-,40+,44?,45+,46+/m1/s1. The molecule has 0 amide bonds. The number of ketones is 1. The summed E-state index contributed by atoms with van der Waals surface area (Å²) in [4.78, 5) is 55.7. The molecular formula is C46H58O9. The van der Waals surface area contributed by atoms with Gasteiger partial charge in [-0.1, -0.05) is 128 Å². The second kappa shape index (κ2) is 16.2. The highest BCUT2D eigenvalue weighted by Crippen LogP contribution is 2.75. The van der Waals surface area contributed by atoms with Crippen molar-refractivity contribution in [2.75, 3.05) is 6.61 Å². The van der Waals surface area contributed by atoms with Gasteiger partial charge < -0.3 is 24.4 Å². The number of fused-ring (bicyclic) bond motifs is 3. The minimum Gasteiger partial charge on any atom is -0.458 e. The molecule has 2 aromatic carbocycles. The SMILES string of the molecule is CCCCCCCCCCCC(=O)O[C@@]12C[C@@H](C)C34C=C(C)[C@H](OC(=O)c5ccccc5)[C@@]3(O)[C@H](O)C(COC(=O)c3ccccc3)=CC(C4=O)[C@@H]1C2(C)C. The molecule has 0 aromatic heterocycles. The number of carbonyl (C=O) groups excluding carboxylic acids is 4. The van der Waals surface area contributed by atoms with Gasteiger partial charge in [0.1, 0.15) is 18.3 Å². The third-order valence-corrected chi connectivity index (χ3v) is 13.2. The molecule has 9 heteroatoms. The van der Waals surface area contributed by atoms with Crippen LogP contribution in [-0.2, 0) is 23.8 Å². The maximum atomic E-state index is 15.3. The van der Waals surface area contributed by atoms with Gasteiger partial charge in [-0.3, -0.25) is 9.59 Å². The van der Waals surface area contributed by atoms with Crippen molar-refractivity contribution in [3.05, 3.63) is 95.1 Å². The first-order valence-corrected chi connectivity index (χ1v) is 20.3. The molecule has 0 heterocycles. The normalized spacial score (nSPS) is 31.5. The van der Waals surface area contributed by atoms with E-state index in [0.29, 0.717) is 11.1 Å². The van der Waals surface area contributed by atoms with Gasteiger partial charge in [0.2, 0.25) is 0 Å². The highest BCUT2D eigenvalue weighted by atomic mass is 16.6. The van der Waals surface area contributed by atoms with Crippen molar-refractivity contribution in [2.24, 2.45) is 28.6 Å². The molecule has 0 saturated heterocycles. The molecule has 2 bridgehead atoms. The zero-order chi connectivity index (χ0) is 39.6. The number of carbonyl (C=O) groups is 4. The van der Waals surface area contributed by atoms with Crippen LogP contribution in [0, 0.1) is 28.6 Å². The summed E-state index contributed by atoms with van der Waals surface area (Å²) in [6.45, 7) is 9.30. The van der Waals surface area contributed by atoms with Crippen LogP contribution < -0.4 is 0 Å². The van der Waals surface area contributed by atoms with Crippen molar-refractivity contribution < 1.29 is 43.6 Å². The fraction of sp³-hybridized carbons (Fsp3) is 0.565. The number of aliphatic hydroxyl groups excluding tert-OH is 1. The van der Waals surface area contributed by atoms with Crippen molar-refractivity contribution >= 4 is 23.7 Å². The van der Waals surface area contributed by atoms with Crippen LogP contribution >= 0.6 is 0 Å². The number of Topliss-reactive ketones (excluding diaryl/α,β-unsaturated/α-hetero) is 1. The monoisotopic (exact) mass is 754 g/mol. The van der Waals surface area contributed by atoms with E-state index in [4.69, 9.17) is 14.2 Å². The van der Waals surface area contributed by atoms with Crippen LogP contribution in [0.3, 0.4) is 0 Å². The van der Waals surface area contributed by atoms with E-state index in [9.17, 15) is 24.6 Å². The van der Waals surface area contributed by atoms with E-state index in [1.54, 1.807) is 79.7 Å². The molecule has 2 N–H and O–H groups in total. The van der Waals surface area contributed by atoms with Crippen molar-refractivity contribution in [1.29, 1.82) is 0 Å². The summed E-state index contributed by atoms with van der Waals surface area (Å²) in [5, 5.41) is 25.5. The highest BCUT2D eigenvalue weighted by Gasteiger charge is 2.83. The molecule has 55 heavy (non-hydrogen) atoms. The molecule has 6 rings (SSSR count). The second-order valence-electron chi connectivity index (χ2n) is 17.0. The Balaban J connectivity index is 1.31. The largest absolute Gasteiger partial charge is 0.458 e. The van der Waals surface area contributed by atoms with Gasteiger partial charge in [0.05, 0.1) is 16.5 Å². The molecule has 4 aliphatic rings. The molecule has 1 spiro atoms. The fourth-order valence-corrected chi connectivity index (χ4v) is 10.3. The number of hydrogen-bond acceptors (Lipinski definition) is 9. The molecule has 2 saturated carbocycles. The lowest BCUT2D eigenvalue weighted by molar-refractivity contribution is -0.192. The molecule has 0 aliphatic heterocycles. The number of benzene rings is 2.